The minimum atomic E-state index is -4.76. The standard InChI is InChI=1S/C32H40F3N6O5P/c1-6-45-47(43,46-7-2)19-20-8-10-25(27(16-20)44-5)38-31-36-17-24(32(33,34)35)29(39-31)37-26-11-9-22(21-12-14-40(3)15-13-21)23-18-41(4)30(42)28(23)26/h8-11,16-18,21,42H,6-7,12-15,19H2,1-5H3,(H2,36,37,38,39). The van der Waals surface area contributed by atoms with Crippen molar-refractivity contribution in [2.45, 2.75) is 44.9 Å². The van der Waals surface area contributed by atoms with E-state index in [0.717, 1.165) is 36.9 Å². The number of piperidine rings is 1. The number of likely N-dealkylation sites (tertiary alicyclic amines) is 1. The molecule has 5 rings (SSSR count). The first-order chi connectivity index (χ1) is 22.4. The summed E-state index contributed by atoms with van der Waals surface area (Å²) in [7, 11) is 1.82. The van der Waals surface area contributed by atoms with E-state index in [2.05, 4.69) is 32.5 Å². The lowest BCUT2D eigenvalue weighted by Gasteiger charge is -2.29. The number of aromatic hydroxyl groups is 1. The topological polar surface area (TPSA) is 123 Å². The van der Waals surface area contributed by atoms with E-state index in [1.54, 1.807) is 55.9 Å². The third-order valence-corrected chi connectivity index (χ3v) is 10.3. The summed E-state index contributed by atoms with van der Waals surface area (Å²) < 4.78 is 73.5. The molecular weight excluding hydrogens is 636 g/mol. The van der Waals surface area contributed by atoms with Crippen molar-refractivity contribution in [2.75, 3.05) is 51.1 Å². The molecular formula is C32H40F3N6O5P. The van der Waals surface area contributed by atoms with Gasteiger partial charge in [-0.1, -0.05) is 12.1 Å². The molecule has 1 aliphatic heterocycles. The average molecular weight is 677 g/mol. The molecule has 1 aliphatic rings. The van der Waals surface area contributed by atoms with Gasteiger partial charge in [-0.2, -0.15) is 18.2 Å². The number of aryl methyl sites for hydroxylation is 1. The van der Waals surface area contributed by atoms with Gasteiger partial charge in [0, 0.05) is 24.8 Å². The van der Waals surface area contributed by atoms with Crippen molar-refractivity contribution in [3.63, 3.8) is 0 Å². The van der Waals surface area contributed by atoms with E-state index in [-0.39, 0.29) is 42.8 Å². The SMILES string of the molecule is CCOP(=O)(Cc1ccc(Nc2ncc(C(F)(F)F)c(Nc3ccc(C4CCN(C)CC4)c4cn(C)c(O)c34)n2)c(OC)c1)OCC. The molecule has 0 atom stereocenters. The van der Waals surface area contributed by atoms with Crippen LogP contribution in [0.3, 0.4) is 0 Å². The fourth-order valence-corrected chi connectivity index (χ4v) is 7.59. The van der Waals surface area contributed by atoms with Gasteiger partial charge in [0.05, 0.1) is 43.2 Å². The molecule has 0 radical (unpaired) electrons. The van der Waals surface area contributed by atoms with Crippen molar-refractivity contribution in [3.8, 4) is 11.6 Å². The number of halogens is 3. The molecule has 0 spiro atoms. The second-order valence-corrected chi connectivity index (χ2v) is 13.5. The largest absolute Gasteiger partial charge is 0.495 e. The van der Waals surface area contributed by atoms with Crippen LogP contribution in [0.5, 0.6) is 11.6 Å². The van der Waals surface area contributed by atoms with Crippen molar-refractivity contribution in [1.82, 2.24) is 19.4 Å². The molecule has 11 nitrogen and oxygen atoms in total. The highest BCUT2D eigenvalue weighted by Crippen LogP contribution is 2.52. The lowest BCUT2D eigenvalue weighted by atomic mass is 9.87. The highest BCUT2D eigenvalue weighted by atomic mass is 31.2. The Hall–Kier alpha value is -3.84. The van der Waals surface area contributed by atoms with Gasteiger partial charge in [0.1, 0.15) is 17.1 Å². The summed E-state index contributed by atoms with van der Waals surface area (Å²) in [6.07, 6.45) is -0.368. The van der Waals surface area contributed by atoms with Gasteiger partial charge in [0.25, 0.3) is 0 Å². The highest BCUT2D eigenvalue weighted by molar-refractivity contribution is 7.53. The number of methoxy groups -OCH3 is 1. The number of benzene rings is 2. The summed E-state index contributed by atoms with van der Waals surface area (Å²) >= 11 is 0. The van der Waals surface area contributed by atoms with Gasteiger partial charge in [-0.25, -0.2) is 4.98 Å². The number of nitrogens with one attached hydrogen (secondary N) is 2. The van der Waals surface area contributed by atoms with Gasteiger partial charge >= 0.3 is 13.8 Å². The zero-order chi connectivity index (χ0) is 33.9. The molecule has 0 bridgehead atoms. The van der Waals surface area contributed by atoms with Gasteiger partial charge in [0.2, 0.25) is 11.8 Å². The molecule has 47 heavy (non-hydrogen) atoms. The second kappa shape index (κ2) is 14.1. The molecule has 0 unspecified atom stereocenters. The summed E-state index contributed by atoms with van der Waals surface area (Å²) in [5, 5.41) is 18.0. The number of nitrogens with zero attached hydrogens (tertiary/aromatic N) is 4. The second-order valence-electron chi connectivity index (χ2n) is 11.5. The number of ether oxygens (including phenoxy) is 1. The van der Waals surface area contributed by atoms with Gasteiger partial charge in [-0.05, 0) is 82.1 Å². The maximum atomic E-state index is 14.2. The molecule has 0 amide bonds. The van der Waals surface area contributed by atoms with Gasteiger partial charge in [0.15, 0.2) is 0 Å². The number of fused-ring (bicyclic) bond motifs is 1. The van der Waals surface area contributed by atoms with Crippen molar-refractivity contribution in [3.05, 3.63) is 59.4 Å². The van der Waals surface area contributed by atoms with Crippen LogP contribution in [0, 0.1) is 0 Å². The molecule has 1 fully saturated rings. The fourth-order valence-electron chi connectivity index (χ4n) is 5.90. The van der Waals surface area contributed by atoms with Crippen molar-refractivity contribution < 1.29 is 36.6 Å². The number of hydrogen-bond acceptors (Lipinski definition) is 10. The van der Waals surface area contributed by atoms with Crippen molar-refractivity contribution in [1.29, 1.82) is 0 Å². The van der Waals surface area contributed by atoms with Crippen LogP contribution in [0.15, 0.2) is 42.7 Å². The fraction of sp³-hybridized carbons (Fsp3) is 0.438. The third-order valence-electron chi connectivity index (χ3n) is 8.21. The lowest BCUT2D eigenvalue weighted by molar-refractivity contribution is -0.137. The van der Waals surface area contributed by atoms with Gasteiger partial charge in [-0.15, -0.1) is 0 Å². The van der Waals surface area contributed by atoms with E-state index in [9.17, 15) is 22.8 Å². The first kappa shape index (κ1) is 34.5. The Bertz CT molecular complexity index is 1760. The first-order valence-corrected chi connectivity index (χ1v) is 17.1. The Kier molecular flexibility index (Phi) is 10.4. The molecule has 2 aromatic carbocycles. The van der Waals surface area contributed by atoms with Crippen LogP contribution in [0.25, 0.3) is 10.8 Å². The Balaban J connectivity index is 1.48. The molecule has 3 heterocycles. The normalized spacial score (nSPS) is 14.9. The van der Waals surface area contributed by atoms with Crippen LogP contribution < -0.4 is 15.4 Å². The number of alkyl halides is 3. The van der Waals surface area contributed by atoms with Crippen molar-refractivity contribution >= 4 is 41.5 Å². The maximum Gasteiger partial charge on any atom is 0.421 e. The number of hydrogen-bond donors (Lipinski definition) is 3. The minimum Gasteiger partial charge on any atom is -0.495 e. The van der Waals surface area contributed by atoms with E-state index in [1.807, 2.05) is 6.07 Å². The molecule has 2 aromatic heterocycles. The van der Waals surface area contributed by atoms with E-state index in [4.69, 9.17) is 13.8 Å². The number of rotatable bonds is 12. The summed E-state index contributed by atoms with van der Waals surface area (Å²) in [5.41, 5.74) is 1.24. The zero-order valence-corrected chi connectivity index (χ0v) is 27.9. The minimum absolute atomic E-state index is 0.00749. The molecule has 0 saturated carbocycles. The number of aromatic nitrogens is 3. The Morgan fingerprint density at radius 1 is 1.04 bits per heavy atom. The molecule has 254 valence electrons. The quantitative estimate of drug-likeness (QED) is 0.128. The van der Waals surface area contributed by atoms with Gasteiger partial charge < -0.3 is 39.0 Å². The van der Waals surface area contributed by atoms with Crippen molar-refractivity contribution in [2.24, 2.45) is 7.05 Å². The number of anilines is 4. The van der Waals surface area contributed by atoms with E-state index in [1.165, 1.54) is 7.11 Å². The summed E-state index contributed by atoms with van der Waals surface area (Å²) in [6.45, 7) is 5.75. The van der Waals surface area contributed by atoms with Crippen LogP contribution in [0.2, 0.25) is 0 Å². The Morgan fingerprint density at radius 3 is 2.36 bits per heavy atom. The van der Waals surface area contributed by atoms with Crippen LogP contribution in [0.4, 0.5) is 36.3 Å². The Morgan fingerprint density at radius 2 is 1.72 bits per heavy atom. The lowest BCUT2D eigenvalue weighted by Crippen LogP contribution is -2.29. The van der Waals surface area contributed by atoms with Crippen LogP contribution in [-0.2, 0) is 33.0 Å². The molecule has 1 saturated heterocycles. The Labute approximate surface area is 271 Å². The monoisotopic (exact) mass is 676 g/mol. The van der Waals surface area contributed by atoms with Crippen LogP contribution >= 0.6 is 7.60 Å². The smallest absolute Gasteiger partial charge is 0.421 e. The zero-order valence-electron chi connectivity index (χ0n) is 27.0. The van der Waals surface area contributed by atoms with Crippen LogP contribution in [-0.4, -0.2) is 65.0 Å². The van der Waals surface area contributed by atoms with E-state index >= 15 is 0 Å². The van der Waals surface area contributed by atoms with E-state index in [0.29, 0.717) is 28.6 Å². The van der Waals surface area contributed by atoms with Crippen LogP contribution in [0.1, 0.15) is 49.3 Å². The summed E-state index contributed by atoms with van der Waals surface area (Å²) in [5.74, 6) is -0.104. The average Bonchev–Trinajstić information content (AvgIpc) is 3.32. The molecule has 4 aromatic rings. The molecule has 0 aliphatic carbocycles. The predicted molar refractivity (Wildman–Crippen MR) is 175 cm³/mol. The first-order valence-electron chi connectivity index (χ1n) is 15.4. The van der Waals surface area contributed by atoms with E-state index < -0.39 is 25.2 Å². The molecule has 3 N–H and O–H groups in total. The highest BCUT2D eigenvalue weighted by Gasteiger charge is 2.36. The maximum absolute atomic E-state index is 14.2. The summed E-state index contributed by atoms with van der Waals surface area (Å²) in [4.78, 5) is 10.4. The van der Waals surface area contributed by atoms with Gasteiger partial charge in [-0.3, -0.25) is 4.57 Å². The third kappa shape index (κ3) is 7.67. The summed E-state index contributed by atoms with van der Waals surface area (Å²) in [6, 6.07) is 8.54. The predicted octanol–water partition coefficient (Wildman–Crippen LogP) is 7.76. The molecule has 15 heteroatoms.